The van der Waals surface area contributed by atoms with Crippen molar-refractivity contribution in [2.24, 2.45) is 5.92 Å². The van der Waals surface area contributed by atoms with Gasteiger partial charge in [-0.3, -0.25) is 4.79 Å². The molecule has 3 heterocycles. The first-order valence-corrected chi connectivity index (χ1v) is 8.11. The Labute approximate surface area is 135 Å². The zero-order valence-corrected chi connectivity index (χ0v) is 12.9. The fourth-order valence-corrected chi connectivity index (χ4v) is 3.55. The van der Waals surface area contributed by atoms with Crippen LogP contribution in [0.3, 0.4) is 0 Å². The van der Waals surface area contributed by atoms with Gasteiger partial charge in [0.15, 0.2) is 0 Å². The van der Waals surface area contributed by atoms with Crippen LogP contribution in [0.15, 0.2) is 47.1 Å². The lowest BCUT2D eigenvalue weighted by Crippen LogP contribution is -2.46. The van der Waals surface area contributed by atoms with Crippen LogP contribution in [0, 0.1) is 5.92 Å². The number of fused-ring (bicyclic) bond motifs is 2. The van der Waals surface area contributed by atoms with Gasteiger partial charge in [-0.05, 0) is 55.6 Å². The number of ether oxygens (including phenoxy) is 1. The predicted molar refractivity (Wildman–Crippen MR) is 85.6 cm³/mol. The number of hydrogen-bond donors (Lipinski definition) is 1. The lowest BCUT2D eigenvalue weighted by molar-refractivity contribution is 0.0909. The third-order valence-corrected chi connectivity index (χ3v) is 4.63. The third-order valence-electron chi connectivity index (χ3n) is 4.63. The summed E-state index contributed by atoms with van der Waals surface area (Å²) in [6, 6.07) is 10.9. The van der Waals surface area contributed by atoms with E-state index in [-0.39, 0.29) is 11.9 Å². The van der Waals surface area contributed by atoms with Crippen molar-refractivity contribution in [3.8, 4) is 11.7 Å². The zero-order chi connectivity index (χ0) is 15.6. The first-order valence-electron chi connectivity index (χ1n) is 8.11. The van der Waals surface area contributed by atoms with Crippen LogP contribution in [0.25, 0.3) is 0 Å². The molecule has 2 aliphatic rings. The Morgan fingerprint density at radius 3 is 2.83 bits per heavy atom. The summed E-state index contributed by atoms with van der Waals surface area (Å²) in [6.45, 7) is 3.35. The Bertz CT molecular complexity index is 654. The Morgan fingerprint density at radius 1 is 1.22 bits per heavy atom. The summed E-state index contributed by atoms with van der Waals surface area (Å²) in [5.74, 6) is 1.83. The number of rotatable bonds is 4. The molecular formula is C18H20N2O3. The van der Waals surface area contributed by atoms with E-state index in [9.17, 15) is 4.79 Å². The molecule has 2 aromatic rings. The SMILES string of the molecule is O=C(N[C@@H]1C[C@H]2CCN(C2)C1)c1ccc(Oc2ccco2)cc1. The monoisotopic (exact) mass is 312 g/mol. The number of carbonyl (C=O) groups excluding carboxylic acids is 1. The fourth-order valence-electron chi connectivity index (χ4n) is 3.55. The van der Waals surface area contributed by atoms with Gasteiger partial charge >= 0.3 is 0 Å². The molecule has 2 fully saturated rings. The van der Waals surface area contributed by atoms with E-state index in [1.54, 1.807) is 42.7 Å². The van der Waals surface area contributed by atoms with Gasteiger partial charge in [0.1, 0.15) is 5.75 Å². The largest absolute Gasteiger partial charge is 0.434 e. The highest BCUT2D eigenvalue weighted by Gasteiger charge is 2.32. The maximum absolute atomic E-state index is 12.4. The van der Waals surface area contributed by atoms with E-state index in [0.717, 1.165) is 18.9 Å². The van der Waals surface area contributed by atoms with Crippen molar-refractivity contribution in [3.05, 3.63) is 48.2 Å². The topological polar surface area (TPSA) is 54.7 Å². The van der Waals surface area contributed by atoms with Crippen LogP contribution in [0.4, 0.5) is 0 Å². The lowest BCUT2D eigenvalue weighted by atomic mass is 9.96. The minimum absolute atomic E-state index is 0.0120. The van der Waals surface area contributed by atoms with E-state index in [1.807, 2.05) is 0 Å². The molecule has 0 radical (unpaired) electrons. The molecule has 1 aromatic carbocycles. The molecule has 0 spiro atoms. The van der Waals surface area contributed by atoms with Crippen LogP contribution < -0.4 is 10.1 Å². The highest BCUT2D eigenvalue weighted by Crippen LogP contribution is 2.27. The number of furan rings is 1. The summed E-state index contributed by atoms with van der Waals surface area (Å²) >= 11 is 0. The minimum Gasteiger partial charge on any atom is -0.434 e. The Morgan fingerprint density at radius 2 is 2.09 bits per heavy atom. The number of benzene rings is 1. The van der Waals surface area contributed by atoms with Gasteiger partial charge in [0.05, 0.1) is 6.26 Å². The lowest BCUT2D eigenvalue weighted by Gasteiger charge is -2.30. The molecular weight excluding hydrogens is 292 g/mol. The molecule has 2 saturated heterocycles. The molecule has 2 aliphatic heterocycles. The Kier molecular flexibility index (Phi) is 3.79. The van der Waals surface area contributed by atoms with E-state index in [0.29, 0.717) is 17.3 Å². The molecule has 4 rings (SSSR count). The summed E-state index contributed by atoms with van der Waals surface area (Å²) in [7, 11) is 0. The Hall–Kier alpha value is -2.27. The summed E-state index contributed by atoms with van der Waals surface area (Å²) in [6.07, 6.45) is 3.93. The van der Waals surface area contributed by atoms with Gasteiger partial charge in [-0.1, -0.05) is 0 Å². The third kappa shape index (κ3) is 3.24. The Balaban J connectivity index is 1.36. The molecule has 5 heteroatoms. The molecule has 3 atom stereocenters. The first-order chi connectivity index (χ1) is 11.3. The van der Waals surface area contributed by atoms with E-state index in [2.05, 4.69) is 10.2 Å². The van der Waals surface area contributed by atoms with Crippen molar-refractivity contribution >= 4 is 5.91 Å². The summed E-state index contributed by atoms with van der Waals surface area (Å²) in [5, 5.41) is 3.16. The molecule has 2 bridgehead atoms. The molecule has 0 saturated carbocycles. The number of piperidine rings is 1. The van der Waals surface area contributed by atoms with Gasteiger partial charge in [0, 0.05) is 30.8 Å². The number of hydrogen-bond acceptors (Lipinski definition) is 4. The molecule has 0 aliphatic carbocycles. The van der Waals surface area contributed by atoms with Gasteiger partial charge in [0.25, 0.3) is 11.9 Å². The van der Waals surface area contributed by atoms with Crippen molar-refractivity contribution < 1.29 is 13.9 Å². The second-order valence-electron chi connectivity index (χ2n) is 6.38. The second-order valence-corrected chi connectivity index (χ2v) is 6.38. The maximum Gasteiger partial charge on any atom is 0.289 e. The van der Waals surface area contributed by atoms with Crippen LogP contribution in [0.5, 0.6) is 11.7 Å². The first kappa shape index (κ1) is 14.3. The standard InChI is InChI=1S/C18H20N2O3/c21-18(19-15-10-13-7-8-20(11-13)12-15)14-3-5-16(6-4-14)23-17-2-1-9-22-17/h1-6,9,13,15H,7-8,10-12H2,(H,19,21)/t13-,15-/m1/s1. The minimum atomic E-state index is -0.0120. The number of carbonyl (C=O) groups is 1. The summed E-state index contributed by atoms with van der Waals surface area (Å²) in [5.41, 5.74) is 0.657. The van der Waals surface area contributed by atoms with Crippen molar-refractivity contribution in [1.82, 2.24) is 10.2 Å². The van der Waals surface area contributed by atoms with Gasteiger partial charge in [-0.2, -0.15) is 0 Å². The molecule has 1 aromatic heterocycles. The van der Waals surface area contributed by atoms with E-state index < -0.39 is 0 Å². The van der Waals surface area contributed by atoms with E-state index in [1.165, 1.54) is 19.5 Å². The fraction of sp³-hybridized carbons (Fsp3) is 0.389. The molecule has 1 N–H and O–H groups in total. The number of nitrogens with zero attached hydrogens (tertiary/aromatic N) is 1. The van der Waals surface area contributed by atoms with Crippen molar-refractivity contribution in [3.63, 3.8) is 0 Å². The van der Waals surface area contributed by atoms with Crippen LogP contribution in [-0.4, -0.2) is 36.5 Å². The van der Waals surface area contributed by atoms with Crippen molar-refractivity contribution in [2.75, 3.05) is 19.6 Å². The molecule has 120 valence electrons. The van der Waals surface area contributed by atoms with E-state index >= 15 is 0 Å². The van der Waals surface area contributed by atoms with Gasteiger partial charge in [0.2, 0.25) is 0 Å². The molecule has 1 amide bonds. The smallest absolute Gasteiger partial charge is 0.289 e. The average Bonchev–Trinajstić information content (AvgIpc) is 3.18. The number of nitrogens with one attached hydrogen (secondary N) is 1. The average molecular weight is 312 g/mol. The predicted octanol–water partition coefficient (Wildman–Crippen LogP) is 2.90. The highest BCUT2D eigenvalue weighted by molar-refractivity contribution is 5.94. The van der Waals surface area contributed by atoms with Crippen LogP contribution in [0.1, 0.15) is 23.2 Å². The maximum atomic E-state index is 12.4. The molecule has 5 nitrogen and oxygen atoms in total. The zero-order valence-electron chi connectivity index (χ0n) is 12.9. The normalized spacial score (nSPS) is 26.0. The van der Waals surface area contributed by atoms with Crippen molar-refractivity contribution in [1.29, 1.82) is 0 Å². The van der Waals surface area contributed by atoms with E-state index in [4.69, 9.17) is 9.15 Å². The van der Waals surface area contributed by atoms with Crippen molar-refractivity contribution in [2.45, 2.75) is 18.9 Å². The van der Waals surface area contributed by atoms with Gasteiger partial charge in [-0.15, -0.1) is 0 Å². The highest BCUT2D eigenvalue weighted by atomic mass is 16.6. The second kappa shape index (κ2) is 6.08. The number of amides is 1. The van der Waals surface area contributed by atoms with Gasteiger partial charge < -0.3 is 19.4 Å². The van der Waals surface area contributed by atoms with Crippen LogP contribution in [0.2, 0.25) is 0 Å². The van der Waals surface area contributed by atoms with Crippen LogP contribution >= 0.6 is 0 Å². The molecule has 23 heavy (non-hydrogen) atoms. The van der Waals surface area contributed by atoms with Gasteiger partial charge in [-0.25, -0.2) is 0 Å². The summed E-state index contributed by atoms with van der Waals surface area (Å²) in [4.78, 5) is 14.8. The summed E-state index contributed by atoms with van der Waals surface area (Å²) < 4.78 is 10.7. The molecule has 1 unspecified atom stereocenters. The quantitative estimate of drug-likeness (QED) is 0.943. The van der Waals surface area contributed by atoms with Crippen LogP contribution in [-0.2, 0) is 0 Å².